The lowest BCUT2D eigenvalue weighted by molar-refractivity contribution is 0.284. The summed E-state index contributed by atoms with van der Waals surface area (Å²) in [5.41, 5.74) is 7.52. The normalized spacial score (nSPS) is 10.5. The van der Waals surface area contributed by atoms with E-state index in [1.54, 1.807) is 19.5 Å². The van der Waals surface area contributed by atoms with Crippen LogP contribution >= 0.6 is 27.5 Å². The van der Waals surface area contributed by atoms with Crippen LogP contribution < -0.4 is 15.2 Å². The molecule has 0 bridgehead atoms. The second kappa shape index (κ2) is 7.64. The van der Waals surface area contributed by atoms with E-state index in [-0.39, 0.29) is 0 Å². The van der Waals surface area contributed by atoms with E-state index >= 15 is 0 Å². The topological polar surface area (TPSA) is 57.4 Å². The van der Waals surface area contributed by atoms with Gasteiger partial charge < -0.3 is 15.2 Å². The number of pyridine rings is 1. The largest absolute Gasteiger partial charge is 0.493 e. The maximum Gasteiger partial charge on any atom is 0.180 e. The molecule has 1 aromatic carbocycles. The Labute approximate surface area is 137 Å². The van der Waals surface area contributed by atoms with Gasteiger partial charge in [0.25, 0.3) is 0 Å². The van der Waals surface area contributed by atoms with Crippen LogP contribution in [-0.4, -0.2) is 18.6 Å². The van der Waals surface area contributed by atoms with Gasteiger partial charge in [-0.05, 0) is 52.7 Å². The maximum absolute atomic E-state index is 6.28. The number of nitrogens with zero attached hydrogens (tertiary/aromatic N) is 1. The second-order valence-electron chi connectivity index (χ2n) is 4.45. The molecule has 1 heterocycles. The molecule has 4 nitrogen and oxygen atoms in total. The Bertz CT molecular complexity index is 623. The average molecular weight is 372 g/mol. The smallest absolute Gasteiger partial charge is 0.180 e. The van der Waals surface area contributed by atoms with Gasteiger partial charge in [0.05, 0.1) is 12.1 Å². The van der Waals surface area contributed by atoms with Crippen LogP contribution in [0.15, 0.2) is 35.1 Å². The summed E-state index contributed by atoms with van der Waals surface area (Å²) in [6, 6.07) is 5.69. The number of benzene rings is 1. The van der Waals surface area contributed by atoms with E-state index < -0.39 is 0 Å². The average Bonchev–Trinajstić information content (AvgIpc) is 2.46. The van der Waals surface area contributed by atoms with Crippen molar-refractivity contribution in [3.8, 4) is 11.5 Å². The van der Waals surface area contributed by atoms with Crippen molar-refractivity contribution in [1.29, 1.82) is 0 Å². The lowest BCUT2D eigenvalue weighted by Crippen LogP contribution is -2.04. The molecule has 2 aromatic rings. The van der Waals surface area contributed by atoms with Crippen molar-refractivity contribution in [2.45, 2.75) is 13.0 Å². The number of halogens is 2. The van der Waals surface area contributed by atoms with Crippen molar-refractivity contribution < 1.29 is 9.47 Å². The maximum atomic E-state index is 6.28. The molecule has 2 rings (SSSR count). The minimum absolute atomic E-state index is 0.360. The highest BCUT2D eigenvalue weighted by atomic mass is 79.9. The van der Waals surface area contributed by atoms with Crippen LogP contribution in [-0.2, 0) is 13.0 Å². The molecule has 6 heteroatoms. The number of hydrogen-bond donors (Lipinski definition) is 1. The first-order valence-electron chi connectivity index (χ1n) is 6.42. The van der Waals surface area contributed by atoms with E-state index in [9.17, 15) is 0 Å². The van der Waals surface area contributed by atoms with E-state index in [1.807, 2.05) is 18.2 Å². The molecule has 21 heavy (non-hydrogen) atoms. The van der Waals surface area contributed by atoms with Gasteiger partial charge in [-0.3, -0.25) is 4.98 Å². The number of aromatic nitrogens is 1. The highest BCUT2D eigenvalue weighted by Crippen LogP contribution is 2.37. The fourth-order valence-electron chi connectivity index (χ4n) is 1.91. The molecule has 1 aromatic heterocycles. The summed E-state index contributed by atoms with van der Waals surface area (Å²) >= 11 is 9.65. The van der Waals surface area contributed by atoms with Gasteiger partial charge in [-0.1, -0.05) is 11.6 Å². The van der Waals surface area contributed by atoms with Gasteiger partial charge in [-0.2, -0.15) is 0 Å². The summed E-state index contributed by atoms with van der Waals surface area (Å²) in [5.74, 6) is 1.13. The van der Waals surface area contributed by atoms with Crippen LogP contribution in [0.1, 0.15) is 11.1 Å². The number of methoxy groups -OCH3 is 1. The molecule has 0 saturated carbocycles. The molecule has 0 atom stereocenters. The molecule has 2 N–H and O–H groups in total. The quantitative estimate of drug-likeness (QED) is 0.843. The highest BCUT2D eigenvalue weighted by molar-refractivity contribution is 9.10. The fraction of sp³-hybridized carbons (Fsp3) is 0.267. The van der Waals surface area contributed by atoms with Gasteiger partial charge in [-0.25, -0.2) is 0 Å². The molecule has 0 aliphatic rings. The van der Waals surface area contributed by atoms with Gasteiger partial charge in [0, 0.05) is 22.4 Å². The molecule has 0 fully saturated rings. The molecule has 0 amide bonds. The van der Waals surface area contributed by atoms with Crippen LogP contribution in [0.2, 0.25) is 5.02 Å². The minimum atomic E-state index is 0.360. The lowest BCUT2D eigenvalue weighted by Gasteiger charge is -2.14. The molecule has 0 aliphatic heterocycles. The molecule has 0 spiro atoms. The Balaban J connectivity index is 2.19. The summed E-state index contributed by atoms with van der Waals surface area (Å²) in [7, 11) is 1.59. The van der Waals surface area contributed by atoms with Crippen molar-refractivity contribution in [1.82, 2.24) is 4.98 Å². The van der Waals surface area contributed by atoms with Crippen molar-refractivity contribution in [2.24, 2.45) is 5.73 Å². The van der Waals surface area contributed by atoms with Crippen molar-refractivity contribution in [2.75, 3.05) is 13.7 Å². The van der Waals surface area contributed by atoms with Crippen molar-refractivity contribution >= 4 is 27.5 Å². The van der Waals surface area contributed by atoms with Crippen LogP contribution in [0.3, 0.4) is 0 Å². The predicted octanol–water partition coefficient (Wildman–Crippen LogP) is 3.59. The zero-order valence-corrected chi connectivity index (χ0v) is 13.9. The van der Waals surface area contributed by atoms with Crippen LogP contribution in [0, 0.1) is 0 Å². The first-order chi connectivity index (χ1) is 10.1. The first kappa shape index (κ1) is 16.1. The molecular weight excluding hydrogens is 356 g/mol. The van der Waals surface area contributed by atoms with E-state index in [4.69, 9.17) is 26.8 Å². The third-order valence-electron chi connectivity index (χ3n) is 2.87. The molecule has 0 saturated heterocycles. The van der Waals surface area contributed by atoms with E-state index in [0.29, 0.717) is 29.7 Å². The highest BCUT2D eigenvalue weighted by Gasteiger charge is 2.12. The summed E-state index contributed by atoms with van der Waals surface area (Å²) < 4.78 is 12.0. The molecule has 0 aliphatic carbocycles. The molecule has 0 unspecified atom stereocenters. The monoisotopic (exact) mass is 370 g/mol. The first-order valence-corrected chi connectivity index (χ1v) is 7.60. The Morgan fingerprint density at radius 3 is 2.71 bits per heavy atom. The second-order valence-corrected chi connectivity index (χ2v) is 5.77. The fourth-order valence-corrected chi connectivity index (χ4v) is 2.61. The Kier molecular flexibility index (Phi) is 5.85. The van der Waals surface area contributed by atoms with Gasteiger partial charge in [0.2, 0.25) is 0 Å². The predicted molar refractivity (Wildman–Crippen MR) is 87.0 cm³/mol. The number of nitrogens with two attached hydrogens (primary N) is 1. The van der Waals surface area contributed by atoms with E-state index in [2.05, 4.69) is 20.9 Å². The summed E-state index contributed by atoms with van der Waals surface area (Å²) in [6.07, 6.45) is 4.21. The summed E-state index contributed by atoms with van der Waals surface area (Å²) in [5, 5.41) is 0.515. The Morgan fingerprint density at radius 1 is 1.24 bits per heavy atom. The van der Waals surface area contributed by atoms with Crippen molar-refractivity contribution in [3.63, 3.8) is 0 Å². The SMILES string of the molecule is COc1cc(CCN)cc(Cl)c1OCc1cncc(Br)c1. The Morgan fingerprint density at radius 2 is 2.05 bits per heavy atom. The molecule has 0 radical (unpaired) electrons. The van der Waals surface area contributed by atoms with Crippen molar-refractivity contribution in [3.05, 3.63) is 51.2 Å². The van der Waals surface area contributed by atoms with Crippen LogP contribution in [0.4, 0.5) is 0 Å². The Hall–Kier alpha value is -1.30. The standard InChI is InChI=1S/C15H16BrClN2O2/c1-20-14-6-10(2-3-18)5-13(17)15(14)21-9-11-4-12(16)8-19-7-11/h4-8H,2-3,9,18H2,1H3. The van der Waals surface area contributed by atoms with Gasteiger partial charge >= 0.3 is 0 Å². The third-order valence-corrected chi connectivity index (χ3v) is 3.58. The van der Waals surface area contributed by atoms with Crippen LogP contribution in [0.25, 0.3) is 0 Å². The minimum Gasteiger partial charge on any atom is -0.493 e. The van der Waals surface area contributed by atoms with Gasteiger partial charge in [-0.15, -0.1) is 0 Å². The third kappa shape index (κ3) is 4.33. The lowest BCUT2D eigenvalue weighted by atomic mass is 10.1. The van der Waals surface area contributed by atoms with Crippen LogP contribution in [0.5, 0.6) is 11.5 Å². The molecular formula is C15H16BrClN2O2. The number of rotatable bonds is 6. The van der Waals surface area contributed by atoms with Gasteiger partial charge in [0.1, 0.15) is 6.61 Å². The summed E-state index contributed by atoms with van der Waals surface area (Å²) in [6.45, 7) is 0.919. The van der Waals surface area contributed by atoms with E-state index in [0.717, 1.165) is 22.0 Å². The zero-order chi connectivity index (χ0) is 15.2. The van der Waals surface area contributed by atoms with E-state index in [1.165, 1.54) is 0 Å². The zero-order valence-electron chi connectivity index (χ0n) is 11.6. The number of hydrogen-bond acceptors (Lipinski definition) is 4. The molecule has 112 valence electrons. The summed E-state index contributed by atoms with van der Waals surface area (Å²) in [4.78, 5) is 4.09. The number of ether oxygens (including phenoxy) is 2. The van der Waals surface area contributed by atoms with Gasteiger partial charge in [0.15, 0.2) is 11.5 Å².